The molecule has 0 amide bonds. The van der Waals surface area contributed by atoms with Crippen LogP contribution in [0.3, 0.4) is 0 Å². The lowest BCUT2D eigenvalue weighted by molar-refractivity contribution is 0.411. The average molecular weight is 294 g/mol. The van der Waals surface area contributed by atoms with Crippen molar-refractivity contribution in [2.75, 3.05) is 18.3 Å². The van der Waals surface area contributed by atoms with Crippen molar-refractivity contribution in [3.63, 3.8) is 0 Å². The normalized spacial score (nSPS) is 10.3. The van der Waals surface area contributed by atoms with Gasteiger partial charge >= 0.3 is 0 Å². The smallest absolute Gasteiger partial charge is 0.131 e. The molecule has 0 saturated carbocycles. The topological polar surface area (TPSA) is 21.3 Å². The number of methoxy groups -OCH3 is 1. The van der Waals surface area contributed by atoms with Crippen molar-refractivity contribution in [1.82, 2.24) is 0 Å². The summed E-state index contributed by atoms with van der Waals surface area (Å²) in [5.41, 5.74) is 2.76. The first-order valence-electron chi connectivity index (χ1n) is 6.44. The molecule has 2 aromatic rings. The molecule has 0 aliphatic carbocycles. The maximum absolute atomic E-state index is 13.8. The Labute approximate surface area is 123 Å². The monoisotopic (exact) mass is 293 g/mol. The zero-order valence-corrected chi connectivity index (χ0v) is 12.1. The molecule has 0 heterocycles. The van der Waals surface area contributed by atoms with E-state index in [1.54, 1.807) is 12.1 Å². The van der Waals surface area contributed by atoms with Crippen molar-refractivity contribution in [3.05, 3.63) is 59.4 Å². The minimum Gasteiger partial charge on any atom is -0.497 e. The van der Waals surface area contributed by atoms with E-state index in [1.807, 2.05) is 24.3 Å². The summed E-state index contributed by atoms with van der Waals surface area (Å²) in [6.45, 7) is 0.435. The van der Waals surface area contributed by atoms with Crippen molar-refractivity contribution < 1.29 is 9.13 Å². The van der Waals surface area contributed by atoms with Crippen LogP contribution in [-0.4, -0.2) is 13.0 Å². The van der Waals surface area contributed by atoms with Gasteiger partial charge in [-0.1, -0.05) is 18.2 Å². The molecule has 0 unspecified atom stereocenters. The molecule has 0 atom stereocenters. The van der Waals surface area contributed by atoms with Crippen molar-refractivity contribution in [3.8, 4) is 5.75 Å². The summed E-state index contributed by atoms with van der Waals surface area (Å²) in [6.07, 6.45) is 0.856. The van der Waals surface area contributed by atoms with E-state index in [-0.39, 0.29) is 5.82 Å². The molecule has 2 aromatic carbocycles. The number of rotatable bonds is 6. The van der Waals surface area contributed by atoms with E-state index in [0.717, 1.165) is 12.1 Å². The van der Waals surface area contributed by atoms with Gasteiger partial charge in [-0.2, -0.15) is 0 Å². The Balaban J connectivity index is 1.97. The SMILES string of the molecule is COc1ccc(CNc2ccc(CCCl)cc2)c(F)c1. The first kappa shape index (κ1) is 14.7. The Hall–Kier alpha value is -1.74. The number of alkyl halides is 1. The summed E-state index contributed by atoms with van der Waals surface area (Å²) >= 11 is 5.69. The highest BCUT2D eigenvalue weighted by atomic mass is 35.5. The molecule has 0 bridgehead atoms. The molecule has 0 fully saturated rings. The standard InChI is InChI=1S/C16H17ClFNO/c1-20-15-7-4-13(16(18)10-15)11-19-14-5-2-12(3-6-14)8-9-17/h2-7,10,19H,8-9,11H2,1H3. The Morgan fingerprint density at radius 1 is 1.15 bits per heavy atom. The highest BCUT2D eigenvalue weighted by molar-refractivity contribution is 6.17. The number of aryl methyl sites for hydroxylation is 1. The number of hydrogen-bond acceptors (Lipinski definition) is 2. The van der Waals surface area contributed by atoms with Crippen LogP contribution in [0.25, 0.3) is 0 Å². The maximum Gasteiger partial charge on any atom is 0.131 e. The lowest BCUT2D eigenvalue weighted by Gasteiger charge is -2.09. The molecule has 0 saturated heterocycles. The van der Waals surface area contributed by atoms with Gasteiger partial charge in [0, 0.05) is 29.7 Å². The van der Waals surface area contributed by atoms with Crippen LogP contribution in [0.2, 0.25) is 0 Å². The summed E-state index contributed by atoms with van der Waals surface area (Å²) in [7, 11) is 1.52. The Morgan fingerprint density at radius 3 is 2.50 bits per heavy atom. The van der Waals surface area contributed by atoms with Gasteiger partial charge in [0.05, 0.1) is 7.11 Å². The zero-order chi connectivity index (χ0) is 14.4. The van der Waals surface area contributed by atoms with Crippen molar-refractivity contribution in [2.45, 2.75) is 13.0 Å². The molecular formula is C16H17ClFNO. The second-order valence-electron chi connectivity index (χ2n) is 4.45. The van der Waals surface area contributed by atoms with Crippen LogP contribution in [0.15, 0.2) is 42.5 Å². The Bertz CT molecular complexity index is 557. The number of hydrogen-bond donors (Lipinski definition) is 1. The lowest BCUT2D eigenvalue weighted by Crippen LogP contribution is -2.02. The molecule has 2 rings (SSSR count). The molecule has 106 valence electrons. The first-order valence-corrected chi connectivity index (χ1v) is 6.97. The van der Waals surface area contributed by atoms with Gasteiger partial charge < -0.3 is 10.1 Å². The lowest BCUT2D eigenvalue weighted by atomic mass is 10.1. The zero-order valence-electron chi connectivity index (χ0n) is 11.3. The second-order valence-corrected chi connectivity index (χ2v) is 4.82. The van der Waals surface area contributed by atoms with Crippen LogP contribution in [0.5, 0.6) is 5.75 Å². The summed E-state index contributed by atoms with van der Waals surface area (Å²) in [5, 5.41) is 3.19. The molecule has 0 radical (unpaired) electrons. The third-order valence-corrected chi connectivity index (χ3v) is 3.27. The van der Waals surface area contributed by atoms with Crippen molar-refractivity contribution in [2.24, 2.45) is 0 Å². The van der Waals surface area contributed by atoms with Crippen LogP contribution >= 0.6 is 11.6 Å². The third-order valence-electron chi connectivity index (χ3n) is 3.08. The van der Waals surface area contributed by atoms with Crippen LogP contribution in [-0.2, 0) is 13.0 Å². The average Bonchev–Trinajstić information content (AvgIpc) is 2.48. The van der Waals surface area contributed by atoms with Gasteiger partial charge in [-0.25, -0.2) is 4.39 Å². The van der Waals surface area contributed by atoms with E-state index in [1.165, 1.54) is 18.7 Å². The number of halogens is 2. The largest absolute Gasteiger partial charge is 0.497 e. The predicted octanol–water partition coefficient (Wildman–Crippen LogP) is 4.23. The quantitative estimate of drug-likeness (QED) is 0.805. The molecule has 1 N–H and O–H groups in total. The van der Waals surface area contributed by atoms with E-state index >= 15 is 0 Å². The molecule has 4 heteroatoms. The minimum absolute atomic E-state index is 0.268. The fraction of sp³-hybridized carbons (Fsp3) is 0.250. The summed E-state index contributed by atoms with van der Waals surface area (Å²) in [4.78, 5) is 0. The predicted molar refractivity (Wildman–Crippen MR) is 81.1 cm³/mol. The molecule has 0 aromatic heterocycles. The van der Waals surface area contributed by atoms with E-state index in [2.05, 4.69) is 5.32 Å². The van der Waals surface area contributed by atoms with Crippen LogP contribution in [0, 0.1) is 5.82 Å². The molecule has 0 spiro atoms. The Morgan fingerprint density at radius 2 is 1.90 bits per heavy atom. The van der Waals surface area contributed by atoms with E-state index in [0.29, 0.717) is 23.7 Å². The van der Waals surface area contributed by atoms with Crippen LogP contribution in [0.1, 0.15) is 11.1 Å². The molecule has 2 nitrogen and oxygen atoms in total. The number of nitrogens with one attached hydrogen (secondary N) is 1. The molecule has 0 aliphatic heterocycles. The number of ether oxygens (including phenoxy) is 1. The fourth-order valence-corrected chi connectivity index (χ4v) is 2.11. The number of anilines is 1. The van der Waals surface area contributed by atoms with Gasteiger partial charge in [-0.3, -0.25) is 0 Å². The van der Waals surface area contributed by atoms with Gasteiger partial charge in [-0.05, 0) is 30.2 Å². The van der Waals surface area contributed by atoms with Crippen molar-refractivity contribution in [1.29, 1.82) is 0 Å². The minimum atomic E-state index is -0.268. The fourth-order valence-electron chi connectivity index (χ4n) is 1.89. The van der Waals surface area contributed by atoms with E-state index in [4.69, 9.17) is 16.3 Å². The van der Waals surface area contributed by atoms with E-state index < -0.39 is 0 Å². The summed E-state index contributed by atoms with van der Waals surface area (Å²) in [6, 6.07) is 12.9. The summed E-state index contributed by atoms with van der Waals surface area (Å²) < 4.78 is 18.7. The molecular weight excluding hydrogens is 277 g/mol. The highest BCUT2D eigenvalue weighted by Crippen LogP contribution is 2.18. The van der Waals surface area contributed by atoms with E-state index in [9.17, 15) is 4.39 Å². The van der Waals surface area contributed by atoms with Gasteiger partial charge in [-0.15, -0.1) is 11.6 Å². The van der Waals surface area contributed by atoms with Gasteiger partial charge in [0.1, 0.15) is 11.6 Å². The van der Waals surface area contributed by atoms with Crippen LogP contribution in [0.4, 0.5) is 10.1 Å². The van der Waals surface area contributed by atoms with Gasteiger partial charge in [0.25, 0.3) is 0 Å². The molecule has 20 heavy (non-hydrogen) atoms. The van der Waals surface area contributed by atoms with Crippen molar-refractivity contribution >= 4 is 17.3 Å². The maximum atomic E-state index is 13.8. The first-order chi connectivity index (χ1) is 9.72. The highest BCUT2D eigenvalue weighted by Gasteiger charge is 2.04. The number of benzene rings is 2. The second kappa shape index (κ2) is 7.15. The van der Waals surface area contributed by atoms with Gasteiger partial charge in [0.2, 0.25) is 0 Å². The van der Waals surface area contributed by atoms with Crippen LogP contribution < -0.4 is 10.1 Å². The molecule has 0 aliphatic rings. The van der Waals surface area contributed by atoms with Gasteiger partial charge in [0.15, 0.2) is 0 Å². The Kier molecular flexibility index (Phi) is 5.24. The summed E-state index contributed by atoms with van der Waals surface area (Å²) in [5.74, 6) is 0.872. The third kappa shape index (κ3) is 3.87.